The van der Waals surface area contributed by atoms with Crippen molar-refractivity contribution in [1.82, 2.24) is 15.3 Å². The predicted molar refractivity (Wildman–Crippen MR) is 80.4 cm³/mol. The molecule has 2 atom stereocenters. The van der Waals surface area contributed by atoms with Crippen molar-refractivity contribution in [2.24, 2.45) is 0 Å². The van der Waals surface area contributed by atoms with E-state index >= 15 is 0 Å². The largest absolute Gasteiger partial charge is 0.310 e. The van der Waals surface area contributed by atoms with E-state index in [1.165, 1.54) is 49.1 Å². The molecule has 3 nitrogen and oxygen atoms in total. The third-order valence-electron chi connectivity index (χ3n) is 4.12. The van der Waals surface area contributed by atoms with Gasteiger partial charge in [-0.1, -0.05) is 13.3 Å². The lowest BCUT2D eigenvalue weighted by atomic mass is 10.0. The monoisotopic (exact) mass is 277 g/mol. The quantitative estimate of drug-likeness (QED) is 0.859. The van der Waals surface area contributed by atoms with Gasteiger partial charge < -0.3 is 5.32 Å². The molecule has 104 valence electrons. The fourth-order valence-corrected chi connectivity index (χ4v) is 4.34. The van der Waals surface area contributed by atoms with E-state index in [2.05, 4.69) is 23.4 Å². The van der Waals surface area contributed by atoms with Crippen LogP contribution in [-0.2, 0) is 6.42 Å². The molecule has 1 saturated heterocycles. The van der Waals surface area contributed by atoms with E-state index in [9.17, 15) is 0 Å². The van der Waals surface area contributed by atoms with Gasteiger partial charge in [-0.2, -0.15) is 11.8 Å². The molecule has 1 aromatic rings. The normalized spacial score (nSPS) is 27.0. The van der Waals surface area contributed by atoms with E-state index in [0.717, 1.165) is 18.8 Å². The molecule has 0 radical (unpaired) electrons. The second-order valence-electron chi connectivity index (χ2n) is 5.49. The van der Waals surface area contributed by atoms with Crippen molar-refractivity contribution >= 4 is 11.8 Å². The highest BCUT2D eigenvalue weighted by molar-refractivity contribution is 7.99. The molecule has 0 spiro atoms. The van der Waals surface area contributed by atoms with Gasteiger partial charge in [0.2, 0.25) is 0 Å². The van der Waals surface area contributed by atoms with Crippen LogP contribution in [0.5, 0.6) is 0 Å². The van der Waals surface area contributed by atoms with Crippen molar-refractivity contribution in [2.75, 3.05) is 12.3 Å². The molecular formula is C15H23N3S. The minimum absolute atomic E-state index is 0.466. The molecule has 19 heavy (non-hydrogen) atoms. The molecule has 0 aromatic carbocycles. The van der Waals surface area contributed by atoms with Gasteiger partial charge in [-0.15, -0.1) is 0 Å². The van der Waals surface area contributed by atoms with Crippen LogP contribution in [0.1, 0.15) is 67.4 Å². The maximum atomic E-state index is 4.92. The van der Waals surface area contributed by atoms with Gasteiger partial charge in [0, 0.05) is 23.5 Å². The van der Waals surface area contributed by atoms with Gasteiger partial charge in [0.1, 0.15) is 5.82 Å². The van der Waals surface area contributed by atoms with Crippen LogP contribution in [0, 0.1) is 0 Å². The Labute approximate surface area is 120 Å². The van der Waals surface area contributed by atoms with Crippen LogP contribution in [0.4, 0.5) is 0 Å². The molecule has 0 bridgehead atoms. The highest BCUT2D eigenvalue weighted by atomic mass is 32.2. The van der Waals surface area contributed by atoms with Crippen molar-refractivity contribution in [3.05, 3.63) is 23.3 Å². The fraction of sp³-hybridized carbons (Fsp3) is 0.733. The van der Waals surface area contributed by atoms with Gasteiger partial charge >= 0.3 is 0 Å². The number of aromatic nitrogens is 2. The van der Waals surface area contributed by atoms with Gasteiger partial charge in [-0.3, -0.25) is 0 Å². The summed E-state index contributed by atoms with van der Waals surface area (Å²) in [6, 6.07) is 0.466. The lowest BCUT2D eigenvalue weighted by Crippen LogP contribution is -2.22. The average molecular weight is 277 g/mol. The first kappa shape index (κ1) is 13.4. The van der Waals surface area contributed by atoms with Crippen LogP contribution < -0.4 is 5.32 Å². The summed E-state index contributed by atoms with van der Waals surface area (Å²) in [5.74, 6) is 2.35. The molecule has 1 aromatic heterocycles. The summed E-state index contributed by atoms with van der Waals surface area (Å²) >= 11 is 2.02. The Kier molecular flexibility index (Phi) is 4.38. The summed E-state index contributed by atoms with van der Waals surface area (Å²) in [4.78, 5) is 9.59. The van der Waals surface area contributed by atoms with E-state index in [1.54, 1.807) is 0 Å². The van der Waals surface area contributed by atoms with Crippen molar-refractivity contribution in [1.29, 1.82) is 0 Å². The number of hydrogen-bond acceptors (Lipinski definition) is 4. The minimum Gasteiger partial charge on any atom is -0.310 e. The third kappa shape index (κ3) is 2.95. The van der Waals surface area contributed by atoms with Crippen LogP contribution in [-0.4, -0.2) is 22.3 Å². The zero-order chi connectivity index (χ0) is 13.1. The Morgan fingerprint density at radius 2 is 2.26 bits per heavy atom. The third-order valence-corrected chi connectivity index (χ3v) is 5.49. The van der Waals surface area contributed by atoms with Crippen LogP contribution in [0.2, 0.25) is 0 Å². The number of aryl methyl sites for hydroxylation is 1. The first-order chi connectivity index (χ1) is 9.38. The molecule has 1 N–H and O–H groups in total. The molecule has 1 aliphatic carbocycles. The first-order valence-electron chi connectivity index (χ1n) is 7.59. The molecule has 0 amide bonds. The van der Waals surface area contributed by atoms with Crippen molar-refractivity contribution in [3.8, 4) is 0 Å². The molecule has 2 heterocycles. The number of thioether (sulfide) groups is 1. The molecule has 3 rings (SSSR count). The standard InChI is InChI=1S/C15H23N3S/c1-2-16-12-6-3-4-7-13-11(12)10-17-15(18-13)14-8-5-9-19-14/h10,12,14,16H,2-9H2,1H3. The first-order valence-corrected chi connectivity index (χ1v) is 8.64. The van der Waals surface area contributed by atoms with E-state index in [-0.39, 0.29) is 0 Å². The van der Waals surface area contributed by atoms with E-state index in [4.69, 9.17) is 4.98 Å². The van der Waals surface area contributed by atoms with Gasteiger partial charge in [-0.25, -0.2) is 9.97 Å². The number of rotatable bonds is 3. The minimum atomic E-state index is 0.466. The fourth-order valence-electron chi connectivity index (χ4n) is 3.12. The second kappa shape index (κ2) is 6.23. The highest BCUT2D eigenvalue weighted by Crippen LogP contribution is 2.39. The van der Waals surface area contributed by atoms with E-state index in [0.29, 0.717) is 11.3 Å². The number of nitrogens with one attached hydrogen (secondary N) is 1. The van der Waals surface area contributed by atoms with Gasteiger partial charge in [0.15, 0.2) is 0 Å². The van der Waals surface area contributed by atoms with Crippen LogP contribution in [0.15, 0.2) is 6.20 Å². The Hall–Kier alpha value is -0.610. The Bertz CT molecular complexity index is 429. The summed E-state index contributed by atoms with van der Waals surface area (Å²) in [5.41, 5.74) is 2.66. The van der Waals surface area contributed by atoms with Gasteiger partial charge in [0.25, 0.3) is 0 Å². The smallest absolute Gasteiger partial charge is 0.141 e. The number of hydrogen-bond donors (Lipinski definition) is 1. The van der Waals surface area contributed by atoms with Gasteiger partial charge in [0.05, 0.1) is 5.25 Å². The molecule has 2 aliphatic rings. The van der Waals surface area contributed by atoms with E-state index in [1.807, 2.05) is 11.8 Å². The zero-order valence-electron chi connectivity index (χ0n) is 11.7. The summed E-state index contributed by atoms with van der Waals surface area (Å²) in [7, 11) is 0. The van der Waals surface area contributed by atoms with Crippen molar-refractivity contribution < 1.29 is 0 Å². The van der Waals surface area contributed by atoms with E-state index < -0.39 is 0 Å². The number of fused-ring (bicyclic) bond motifs is 1. The molecule has 2 unspecified atom stereocenters. The second-order valence-corrected chi connectivity index (χ2v) is 6.80. The maximum Gasteiger partial charge on any atom is 0.141 e. The molecule has 0 saturated carbocycles. The Balaban J connectivity index is 1.87. The topological polar surface area (TPSA) is 37.8 Å². The summed E-state index contributed by atoms with van der Waals surface area (Å²) in [5, 5.41) is 4.13. The van der Waals surface area contributed by atoms with Crippen molar-refractivity contribution in [3.63, 3.8) is 0 Å². The van der Waals surface area contributed by atoms with Crippen LogP contribution in [0.25, 0.3) is 0 Å². The highest BCUT2D eigenvalue weighted by Gasteiger charge is 2.24. The van der Waals surface area contributed by atoms with Gasteiger partial charge in [-0.05, 0) is 44.4 Å². The molecule has 1 fully saturated rings. The van der Waals surface area contributed by atoms with Crippen LogP contribution >= 0.6 is 11.8 Å². The SMILES string of the molecule is CCNC1CCCCc2nc(C3CCCS3)ncc21. The Morgan fingerprint density at radius 3 is 3.05 bits per heavy atom. The summed E-state index contributed by atoms with van der Waals surface area (Å²) in [6.07, 6.45) is 9.58. The number of nitrogens with zero attached hydrogens (tertiary/aromatic N) is 2. The lowest BCUT2D eigenvalue weighted by molar-refractivity contribution is 0.502. The molecular weight excluding hydrogens is 254 g/mol. The average Bonchev–Trinajstić information content (AvgIpc) is 2.89. The predicted octanol–water partition coefficient (Wildman–Crippen LogP) is 3.42. The van der Waals surface area contributed by atoms with Crippen molar-refractivity contribution in [2.45, 2.75) is 56.7 Å². The zero-order valence-corrected chi connectivity index (χ0v) is 12.5. The molecule has 4 heteroatoms. The summed E-state index contributed by atoms with van der Waals surface area (Å²) in [6.45, 7) is 3.19. The summed E-state index contributed by atoms with van der Waals surface area (Å²) < 4.78 is 0. The lowest BCUT2D eigenvalue weighted by Gasteiger charge is -2.18. The van der Waals surface area contributed by atoms with Crippen LogP contribution in [0.3, 0.4) is 0 Å². The Morgan fingerprint density at radius 1 is 1.32 bits per heavy atom. The maximum absolute atomic E-state index is 4.92. The molecule has 1 aliphatic heterocycles.